The predicted octanol–water partition coefficient (Wildman–Crippen LogP) is 5.80. The molecule has 17 heavy (non-hydrogen) atoms. The highest BCUT2D eigenvalue weighted by molar-refractivity contribution is 9.13. The molecule has 0 aromatic carbocycles. The van der Waals surface area contributed by atoms with Crippen molar-refractivity contribution in [1.82, 2.24) is 5.32 Å². The second kappa shape index (κ2) is 6.30. The van der Waals surface area contributed by atoms with Crippen LogP contribution in [0.25, 0.3) is 0 Å². The fourth-order valence-corrected chi connectivity index (χ4v) is 5.31. The first kappa shape index (κ1) is 14.2. The molecule has 0 bridgehead atoms. The van der Waals surface area contributed by atoms with E-state index in [9.17, 15) is 0 Å². The number of nitrogens with one attached hydrogen (secondary N) is 1. The lowest BCUT2D eigenvalue weighted by Crippen LogP contribution is -2.19. The van der Waals surface area contributed by atoms with Crippen LogP contribution in [0.3, 0.4) is 0 Å². The molecule has 2 aromatic rings. The smallest absolute Gasteiger partial charge is 0.0843 e. The molecule has 0 aliphatic rings. The highest BCUT2D eigenvalue weighted by Crippen LogP contribution is 2.39. The number of hydrogen-bond donors (Lipinski definition) is 1. The highest BCUT2D eigenvalue weighted by atomic mass is 79.9. The summed E-state index contributed by atoms with van der Waals surface area (Å²) < 4.78 is 3.44. The van der Waals surface area contributed by atoms with Gasteiger partial charge in [0.2, 0.25) is 0 Å². The molecule has 0 saturated heterocycles. The molecule has 1 atom stereocenters. The lowest BCUT2D eigenvalue weighted by Gasteiger charge is -2.14. The Morgan fingerprint density at radius 1 is 1.18 bits per heavy atom. The average molecular weight is 460 g/mol. The van der Waals surface area contributed by atoms with E-state index >= 15 is 0 Å². The van der Waals surface area contributed by atoms with Gasteiger partial charge in [-0.05, 0) is 72.5 Å². The van der Waals surface area contributed by atoms with Crippen LogP contribution in [0.5, 0.6) is 0 Å². The summed E-state index contributed by atoms with van der Waals surface area (Å²) in [6.07, 6.45) is 0. The summed E-state index contributed by atoms with van der Waals surface area (Å²) in [7, 11) is 0. The minimum atomic E-state index is 0.281. The van der Waals surface area contributed by atoms with Crippen LogP contribution in [0.15, 0.2) is 30.2 Å². The number of hydrogen-bond acceptors (Lipinski definition) is 3. The van der Waals surface area contributed by atoms with Crippen molar-refractivity contribution in [3.8, 4) is 0 Å². The third-order valence-electron chi connectivity index (χ3n) is 2.24. The third-order valence-corrected chi connectivity index (χ3v) is 7.25. The maximum absolute atomic E-state index is 3.55. The summed E-state index contributed by atoms with van der Waals surface area (Å²) in [6.45, 7) is 3.08. The van der Waals surface area contributed by atoms with Gasteiger partial charge < -0.3 is 5.32 Å². The minimum absolute atomic E-state index is 0.281. The van der Waals surface area contributed by atoms with Crippen molar-refractivity contribution in [2.45, 2.75) is 13.0 Å². The summed E-state index contributed by atoms with van der Waals surface area (Å²) in [5.74, 6) is 0. The first-order valence-electron chi connectivity index (χ1n) is 5.05. The second-order valence-electron chi connectivity index (χ2n) is 3.40. The maximum atomic E-state index is 3.55. The summed E-state index contributed by atoms with van der Waals surface area (Å²) in [6, 6.07) is 6.73. The van der Waals surface area contributed by atoms with Crippen molar-refractivity contribution in [3.63, 3.8) is 0 Å². The molecule has 2 heterocycles. The first-order valence-corrected chi connectivity index (χ1v) is 9.06. The van der Waals surface area contributed by atoms with E-state index in [1.54, 1.807) is 22.7 Å². The molecule has 1 N–H and O–H groups in total. The summed E-state index contributed by atoms with van der Waals surface area (Å²) in [5.41, 5.74) is 0. The van der Waals surface area contributed by atoms with E-state index in [4.69, 9.17) is 0 Å². The second-order valence-corrected chi connectivity index (χ2v) is 9.15. The van der Waals surface area contributed by atoms with Crippen molar-refractivity contribution in [2.75, 3.05) is 6.54 Å². The van der Waals surface area contributed by atoms with E-state index in [-0.39, 0.29) is 6.04 Å². The Hall–Kier alpha value is 0.800. The van der Waals surface area contributed by atoms with Gasteiger partial charge in [0.25, 0.3) is 0 Å². The van der Waals surface area contributed by atoms with Gasteiger partial charge in [0, 0.05) is 14.2 Å². The quantitative estimate of drug-likeness (QED) is 0.609. The van der Waals surface area contributed by atoms with Gasteiger partial charge in [-0.2, -0.15) is 0 Å². The molecular formula is C11H10Br3NS2. The molecule has 0 amide bonds. The van der Waals surface area contributed by atoms with Crippen LogP contribution in [0.4, 0.5) is 0 Å². The maximum Gasteiger partial charge on any atom is 0.0843 e. The molecule has 0 aliphatic carbocycles. The monoisotopic (exact) mass is 457 g/mol. The van der Waals surface area contributed by atoms with Crippen LogP contribution < -0.4 is 5.32 Å². The van der Waals surface area contributed by atoms with Crippen molar-refractivity contribution in [2.24, 2.45) is 0 Å². The molecule has 1 nitrogen and oxygen atoms in total. The Bertz CT molecular complexity index is 487. The Morgan fingerprint density at radius 2 is 1.94 bits per heavy atom. The van der Waals surface area contributed by atoms with Gasteiger partial charge in [0.05, 0.1) is 13.6 Å². The molecule has 0 aliphatic heterocycles. The van der Waals surface area contributed by atoms with Crippen LogP contribution in [0, 0.1) is 0 Å². The molecule has 0 fully saturated rings. The average Bonchev–Trinajstić information content (AvgIpc) is 2.83. The van der Waals surface area contributed by atoms with E-state index in [0.29, 0.717) is 0 Å². The standard InChI is InChI=1S/C11H10Br3NS2/c1-2-15-10(7-3-4-9(13)16-7)8-5-6(12)11(14)17-8/h3-5,10,15H,2H2,1H3. The van der Waals surface area contributed by atoms with Crippen LogP contribution >= 0.6 is 70.5 Å². The zero-order valence-electron chi connectivity index (χ0n) is 8.97. The molecule has 0 spiro atoms. The van der Waals surface area contributed by atoms with E-state index in [2.05, 4.69) is 78.2 Å². The minimum Gasteiger partial charge on any atom is -0.305 e. The van der Waals surface area contributed by atoms with Crippen LogP contribution in [-0.2, 0) is 0 Å². The molecule has 2 aromatic heterocycles. The van der Waals surface area contributed by atoms with Gasteiger partial charge in [0.1, 0.15) is 0 Å². The lowest BCUT2D eigenvalue weighted by atomic mass is 10.2. The molecule has 2 rings (SSSR count). The Kier molecular flexibility index (Phi) is 5.27. The van der Waals surface area contributed by atoms with Crippen LogP contribution in [-0.4, -0.2) is 6.54 Å². The van der Waals surface area contributed by atoms with Crippen LogP contribution in [0.2, 0.25) is 0 Å². The number of halogens is 3. The zero-order chi connectivity index (χ0) is 12.4. The topological polar surface area (TPSA) is 12.0 Å². The summed E-state index contributed by atoms with van der Waals surface area (Å²) >= 11 is 14.2. The van der Waals surface area contributed by atoms with Gasteiger partial charge in [-0.3, -0.25) is 0 Å². The Labute approximate surface area is 134 Å². The first-order chi connectivity index (χ1) is 8.11. The van der Waals surface area contributed by atoms with Crippen LogP contribution in [0.1, 0.15) is 22.7 Å². The number of thiophene rings is 2. The fourth-order valence-electron chi connectivity index (χ4n) is 1.53. The Balaban J connectivity index is 2.34. The van der Waals surface area contributed by atoms with Gasteiger partial charge in [-0.1, -0.05) is 6.92 Å². The van der Waals surface area contributed by atoms with E-state index in [1.165, 1.54) is 13.5 Å². The predicted molar refractivity (Wildman–Crippen MR) is 87.3 cm³/mol. The van der Waals surface area contributed by atoms with Gasteiger partial charge in [-0.25, -0.2) is 0 Å². The van der Waals surface area contributed by atoms with E-state index in [0.717, 1.165) is 14.8 Å². The fraction of sp³-hybridized carbons (Fsp3) is 0.273. The van der Waals surface area contributed by atoms with Crippen molar-refractivity contribution in [1.29, 1.82) is 0 Å². The van der Waals surface area contributed by atoms with Gasteiger partial charge in [0.15, 0.2) is 0 Å². The van der Waals surface area contributed by atoms with Crippen molar-refractivity contribution < 1.29 is 0 Å². The van der Waals surface area contributed by atoms with E-state index in [1.807, 2.05) is 0 Å². The SMILES string of the molecule is CCNC(c1ccc(Br)s1)c1cc(Br)c(Br)s1. The molecule has 1 unspecified atom stereocenters. The molecule has 0 radical (unpaired) electrons. The van der Waals surface area contributed by atoms with Crippen molar-refractivity contribution in [3.05, 3.63) is 40.0 Å². The lowest BCUT2D eigenvalue weighted by molar-refractivity contribution is 0.648. The zero-order valence-corrected chi connectivity index (χ0v) is 15.4. The van der Waals surface area contributed by atoms with E-state index < -0.39 is 0 Å². The molecular weight excluding hydrogens is 450 g/mol. The third kappa shape index (κ3) is 3.42. The highest BCUT2D eigenvalue weighted by Gasteiger charge is 2.18. The number of rotatable bonds is 4. The summed E-state index contributed by atoms with van der Waals surface area (Å²) in [5, 5.41) is 3.53. The van der Waals surface area contributed by atoms with Gasteiger partial charge >= 0.3 is 0 Å². The normalized spacial score (nSPS) is 12.9. The van der Waals surface area contributed by atoms with Gasteiger partial charge in [-0.15, -0.1) is 22.7 Å². The van der Waals surface area contributed by atoms with Crippen molar-refractivity contribution >= 4 is 70.5 Å². The molecule has 0 saturated carbocycles. The largest absolute Gasteiger partial charge is 0.305 e. The molecule has 6 heteroatoms. The molecule has 92 valence electrons. The summed E-state index contributed by atoms with van der Waals surface area (Å²) in [4.78, 5) is 2.65. The Morgan fingerprint density at radius 3 is 2.41 bits per heavy atom.